The number of carbonyl (C=O) groups excluding carboxylic acids is 1. The maximum absolute atomic E-state index is 11.8. The number of amides is 1. The van der Waals surface area contributed by atoms with Crippen molar-refractivity contribution in [1.82, 2.24) is 4.98 Å². The summed E-state index contributed by atoms with van der Waals surface area (Å²) in [5.41, 5.74) is 0.549. The molecule has 84 valence electrons. The van der Waals surface area contributed by atoms with Gasteiger partial charge in [-0.3, -0.25) is 9.78 Å². The van der Waals surface area contributed by atoms with Crippen LogP contribution in [0, 0.1) is 5.92 Å². The molecule has 1 aliphatic rings. The van der Waals surface area contributed by atoms with Crippen LogP contribution in [0.2, 0.25) is 10.0 Å². The summed E-state index contributed by atoms with van der Waals surface area (Å²) in [5.74, 6) is 0.174. The van der Waals surface area contributed by atoms with Gasteiger partial charge in [-0.15, -0.1) is 6.58 Å². The molecule has 2 heterocycles. The fraction of sp³-hybridized carbons (Fsp3) is 0.273. The molecule has 0 bridgehead atoms. The first-order chi connectivity index (χ1) is 7.63. The van der Waals surface area contributed by atoms with Crippen molar-refractivity contribution in [2.45, 2.75) is 6.42 Å². The SMILES string of the molecule is C=CC1CC(=O)N(c2c(Cl)cncc2Cl)C1. The molecule has 0 aliphatic carbocycles. The maximum Gasteiger partial charge on any atom is 0.227 e. The number of rotatable bonds is 2. The van der Waals surface area contributed by atoms with Gasteiger partial charge in [0, 0.05) is 31.3 Å². The molecule has 3 nitrogen and oxygen atoms in total. The molecule has 1 aromatic heterocycles. The van der Waals surface area contributed by atoms with Crippen molar-refractivity contribution in [3.63, 3.8) is 0 Å². The van der Waals surface area contributed by atoms with E-state index >= 15 is 0 Å². The summed E-state index contributed by atoms with van der Waals surface area (Å²) in [6, 6.07) is 0. The van der Waals surface area contributed by atoms with Crippen LogP contribution in [0.3, 0.4) is 0 Å². The first-order valence-electron chi connectivity index (χ1n) is 4.85. The lowest BCUT2D eigenvalue weighted by atomic mass is 10.1. The molecule has 0 saturated carbocycles. The number of carbonyl (C=O) groups is 1. The van der Waals surface area contributed by atoms with Gasteiger partial charge in [0.15, 0.2) is 0 Å². The highest BCUT2D eigenvalue weighted by molar-refractivity contribution is 6.39. The smallest absolute Gasteiger partial charge is 0.227 e. The van der Waals surface area contributed by atoms with Crippen LogP contribution < -0.4 is 4.90 Å². The molecule has 1 saturated heterocycles. The topological polar surface area (TPSA) is 33.2 Å². The maximum atomic E-state index is 11.8. The van der Waals surface area contributed by atoms with E-state index in [1.165, 1.54) is 12.4 Å². The Kier molecular flexibility index (Phi) is 3.17. The molecular weight excluding hydrogens is 247 g/mol. The van der Waals surface area contributed by atoms with Crippen molar-refractivity contribution in [3.8, 4) is 0 Å². The minimum absolute atomic E-state index is 0.0138. The Morgan fingerprint density at radius 3 is 2.56 bits per heavy atom. The van der Waals surface area contributed by atoms with Crippen molar-refractivity contribution in [3.05, 3.63) is 35.1 Å². The lowest BCUT2D eigenvalue weighted by Crippen LogP contribution is -2.25. The van der Waals surface area contributed by atoms with Crippen molar-refractivity contribution >= 4 is 34.8 Å². The van der Waals surface area contributed by atoms with Gasteiger partial charge in [0.25, 0.3) is 0 Å². The quantitative estimate of drug-likeness (QED) is 0.763. The van der Waals surface area contributed by atoms with Gasteiger partial charge in [0.05, 0.1) is 15.7 Å². The zero-order chi connectivity index (χ0) is 11.7. The van der Waals surface area contributed by atoms with Gasteiger partial charge >= 0.3 is 0 Å². The first-order valence-corrected chi connectivity index (χ1v) is 5.61. The van der Waals surface area contributed by atoms with Gasteiger partial charge in [-0.2, -0.15) is 0 Å². The minimum atomic E-state index is 0.0138. The third kappa shape index (κ3) is 1.93. The van der Waals surface area contributed by atoms with E-state index in [0.717, 1.165) is 0 Å². The highest BCUT2D eigenvalue weighted by Gasteiger charge is 2.31. The summed E-state index contributed by atoms with van der Waals surface area (Å²) < 4.78 is 0. The molecule has 5 heteroatoms. The predicted molar refractivity (Wildman–Crippen MR) is 64.9 cm³/mol. The number of hydrogen-bond donors (Lipinski definition) is 0. The molecule has 1 unspecified atom stereocenters. The van der Waals surface area contributed by atoms with E-state index in [1.54, 1.807) is 11.0 Å². The Labute approximate surface area is 104 Å². The minimum Gasteiger partial charge on any atom is -0.309 e. The van der Waals surface area contributed by atoms with E-state index in [0.29, 0.717) is 28.7 Å². The van der Waals surface area contributed by atoms with E-state index in [9.17, 15) is 4.79 Å². The van der Waals surface area contributed by atoms with Crippen LogP contribution in [0.4, 0.5) is 5.69 Å². The third-order valence-corrected chi connectivity index (χ3v) is 3.14. The first kappa shape index (κ1) is 11.4. The summed E-state index contributed by atoms with van der Waals surface area (Å²) in [5, 5.41) is 0.788. The van der Waals surface area contributed by atoms with Crippen LogP contribution in [0.25, 0.3) is 0 Å². The average molecular weight is 257 g/mol. The molecule has 0 radical (unpaired) electrons. The van der Waals surface area contributed by atoms with Crippen molar-refractivity contribution in [2.24, 2.45) is 5.92 Å². The highest BCUT2D eigenvalue weighted by atomic mass is 35.5. The van der Waals surface area contributed by atoms with Crippen LogP contribution in [-0.2, 0) is 4.79 Å². The number of halogens is 2. The Bertz CT molecular complexity index is 427. The van der Waals surface area contributed by atoms with E-state index in [-0.39, 0.29) is 11.8 Å². The molecule has 1 aromatic rings. The lowest BCUT2D eigenvalue weighted by Gasteiger charge is -2.18. The molecule has 2 rings (SSSR count). The Hall–Kier alpha value is -1.06. The van der Waals surface area contributed by atoms with Crippen molar-refractivity contribution < 1.29 is 4.79 Å². The van der Waals surface area contributed by atoms with Crippen LogP contribution in [-0.4, -0.2) is 17.4 Å². The number of aromatic nitrogens is 1. The fourth-order valence-corrected chi connectivity index (χ4v) is 2.34. The van der Waals surface area contributed by atoms with Gasteiger partial charge < -0.3 is 4.90 Å². The second-order valence-corrected chi connectivity index (χ2v) is 4.47. The molecule has 0 spiro atoms. The predicted octanol–water partition coefficient (Wildman–Crippen LogP) is 2.93. The Morgan fingerprint density at radius 2 is 2.06 bits per heavy atom. The van der Waals surface area contributed by atoms with Crippen LogP contribution >= 0.6 is 23.2 Å². The van der Waals surface area contributed by atoms with Crippen molar-refractivity contribution in [2.75, 3.05) is 11.4 Å². The number of hydrogen-bond acceptors (Lipinski definition) is 2. The van der Waals surface area contributed by atoms with Crippen LogP contribution in [0.5, 0.6) is 0 Å². The van der Waals surface area contributed by atoms with Gasteiger partial charge in [-0.1, -0.05) is 29.3 Å². The molecule has 1 amide bonds. The van der Waals surface area contributed by atoms with Crippen LogP contribution in [0.15, 0.2) is 25.0 Å². The molecule has 0 N–H and O–H groups in total. The average Bonchev–Trinajstić information content (AvgIpc) is 2.60. The van der Waals surface area contributed by atoms with E-state index < -0.39 is 0 Å². The highest BCUT2D eigenvalue weighted by Crippen LogP contribution is 2.36. The molecule has 16 heavy (non-hydrogen) atoms. The zero-order valence-corrected chi connectivity index (χ0v) is 10.0. The molecule has 1 aliphatic heterocycles. The van der Waals surface area contributed by atoms with Crippen molar-refractivity contribution in [1.29, 1.82) is 0 Å². The standard InChI is InChI=1S/C11H10Cl2N2O/c1-2-7-3-10(16)15(6-7)11-8(12)4-14-5-9(11)13/h2,4-5,7H,1,3,6H2. The van der Waals surface area contributed by atoms with Gasteiger partial charge in [-0.05, 0) is 0 Å². The Balaban J connectivity index is 2.38. The Morgan fingerprint density at radius 1 is 1.44 bits per heavy atom. The largest absolute Gasteiger partial charge is 0.309 e. The second kappa shape index (κ2) is 4.44. The monoisotopic (exact) mass is 256 g/mol. The van der Waals surface area contributed by atoms with E-state index in [1.807, 2.05) is 0 Å². The lowest BCUT2D eigenvalue weighted by molar-refractivity contribution is -0.117. The second-order valence-electron chi connectivity index (χ2n) is 3.66. The number of nitrogens with zero attached hydrogens (tertiary/aromatic N) is 2. The summed E-state index contributed by atoms with van der Waals surface area (Å²) >= 11 is 12.0. The molecule has 1 atom stereocenters. The number of pyridine rings is 1. The number of anilines is 1. The van der Waals surface area contributed by atoms with Gasteiger partial charge in [0.2, 0.25) is 5.91 Å². The third-order valence-electron chi connectivity index (χ3n) is 2.59. The summed E-state index contributed by atoms with van der Waals surface area (Å²) in [7, 11) is 0. The van der Waals surface area contributed by atoms with E-state index in [2.05, 4.69) is 11.6 Å². The van der Waals surface area contributed by atoms with Gasteiger partial charge in [0.1, 0.15) is 0 Å². The fourth-order valence-electron chi connectivity index (χ4n) is 1.77. The summed E-state index contributed by atoms with van der Waals surface area (Å²) in [4.78, 5) is 17.2. The molecule has 1 fully saturated rings. The van der Waals surface area contributed by atoms with E-state index in [4.69, 9.17) is 23.2 Å². The molecular formula is C11H10Cl2N2O. The summed E-state index contributed by atoms with van der Waals surface area (Å²) in [6.45, 7) is 4.27. The molecule has 0 aromatic carbocycles. The van der Waals surface area contributed by atoms with Gasteiger partial charge in [-0.25, -0.2) is 0 Å². The zero-order valence-electron chi connectivity index (χ0n) is 8.49. The van der Waals surface area contributed by atoms with Crippen LogP contribution in [0.1, 0.15) is 6.42 Å². The summed E-state index contributed by atoms with van der Waals surface area (Å²) in [6.07, 6.45) is 5.20. The normalized spacial score (nSPS) is 20.2.